The number of aliphatic carboxylic acids is 1. The molecule has 0 aliphatic heterocycles. The Morgan fingerprint density at radius 2 is 1.75 bits per heavy atom. The van der Waals surface area contributed by atoms with Gasteiger partial charge in [-0.05, 0) is 13.3 Å². The largest absolute Gasteiger partial charge is 0.481 e. The molecule has 0 aromatic heterocycles. The molecule has 0 saturated carbocycles. The van der Waals surface area contributed by atoms with Gasteiger partial charge in [0.1, 0.15) is 12.3 Å². The predicted octanol–water partition coefficient (Wildman–Crippen LogP) is -3.40. The zero-order valence-corrected chi connectivity index (χ0v) is 13.1. The van der Waals surface area contributed by atoms with Crippen LogP contribution in [0.4, 0.5) is 0 Å². The van der Waals surface area contributed by atoms with Crippen molar-refractivity contribution in [2.75, 3.05) is 0 Å². The van der Waals surface area contributed by atoms with Gasteiger partial charge in [-0.2, -0.15) is 0 Å². The fourth-order valence-electron chi connectivity index (χ4n) is 1.69. The highest BCUT2D eigenvalue weighted by molar-refractivity contribution is 5.92. The number of rotatable bonds is 11. The van der Waals surface area contributed by atoms with E-state index >= 15 is 0 Å². The average molecular weight is 346 g/mol. The maximum Gasteiger partial charge on any atom is 0.305 e. The maximum absolute atomic E-state index is 12.0. The van der Waals surface area contributed by atoms with E-state index in [4.69, 9.17) is 16.6 Å². The van der Waals surface area contributed by atoms with Gasteiger partial charge in [-0.15, -0.1) is 0 Å². The van der Waals surface area contributed by atoms with Crippen LogP contribution in [0.25, 0.3) is 0 Å². The number of aliphatic hydroxyl groups excluding tert-OH is 1. The molecule has 8 N–H and O–H groups in total. The second-order valence-electron chi connectivity index (χ2n) is 5.19. The van der Waals surface area contributed by atoms with E-state index in [1.165, 1.54) is 6.92 Å². The lowest BCUT2D eigenvalue weighted by atomic mass is 10.1. The summed E-state index contributed by atoms with van der Waals surface area (Å²) in [7, 11) is 0. The van der Waals surface area contributed by atoms with Gasteiger partial charge in [-0.3, -0.25) is 19.2 Å². The van der Waals surface area contributed by atoms with Gasteiger partial charge in [-0.1, -0.05) is 0 Å². The van der Waals surface area contributed by atoms with Crippen LogP contribution >= 0.6 is 0 Å². The number of hydrogen-bond donors (Lipinski definition) is 6. The molecule has 0 radical (unpaired) electrons. The third-order valence-corrected chi connectivity index (χ3v) is 2.99. The summed E-state index contributed by atoms with van der Waals surface area (Å²) in [6, 6.07) is -3.89. The van der Waals surface area contributed by atoms with Crippen molar-refractivity contribution in [2.45, 2.75) is 50.4 Å². The van der Waals surface area contributed by atoms with Gasteiger partial charge < -0.3 is 37.1 Å². The van der Waals surface area contributed by atoms with Gasteiger partial charge in [0, 0.05) is 6.42 Å². The Morgan fingerprint density at radius 3 is 2.17 bits per heavy atom. The van der Waals surface area contributed by atoms with Crippen molar-refractivity contribution >= 4 is 30.0 Å². The maximum atomic E-state index is 12.0. The SMILES string of the molecule is C[C@@H](O)[C@H](NC(=O)[C@@H](N)CCC(N)=O)C(=O)N[C@H](C=O)CC(=O)O. The lowest BCUT2D eigenvalue weighted by molar-refractivity contribution is -0.139. The first-order valence-electron chi connectivity index (χ1n) is 7.08. The molecule has 0 aliphatic carbocycles. The van der Waals surface area contributed by atoms with Crippen LogP contribution in [0.1, 0.15) is 26.2 Å². The minimum Gasteiger partial charge on any atom is -0.481 e. The summed E-state index contributed by atoms with van der Waals surface area (Å²) in [5.74, 6) is -3.71. The van der Waals surface area contributed by atoms with Crippen LogP contribution in [-0.2, 0) is 24.0 Å². The second kappa shape index (κ2) is 10.3. The lowest BCUT2D eigenvalue weighted by Gasteiger charge is -2.23. The van der Waals surface area contributed by atoms with Crippen molar-refractivity contribution in [1.29, 1.82) is 0 Å². The Kier molecular flexibility index (Phi) is 9.20. The fraction of sp³-hybridized carbons (Fsp3) is 0.615. The van der Waals surface area contributed by atoms with Crippen molar-refractivity contribution in [2.24, 2.45) is 11.5 Å². The highest BCUT2D eigenvalue weighted by atomic mass is 16.4. The van der Waals surface area contributed by atoms with Crippen LogP contribution in [0.15, 0.2) is 0 Å². The molecular formula is C13H22N4O7. The molecule has 0 bridgehead atoms. The Bertz CT molecular complexity index is 495. The van der Waals surface area contributed by atoms with E-state index in [2.05, 4.69) is 10.6 Å². The van der Waals surface area contributed by atoms with Crippen LogP contribution < -0.4 is 22.1 Å². The third kappa shape index (κ3) is 8.19. The minimum absolute atomic E-state index is 0.0503. The number of amides is 3. The minimum atomic E-state index is -1.45. The number of primary amides is 1. The fourth-order valence-corrected chi connectivity index (χ4v) is 1.69. The van der Waals surface area contributed by atoms with E-state index in [0.717, 1.165) is 0 Å². The quantitative estimate of drug-likeness (QED) is 0.208. The van der Waals surface area contributed by atoms with E-state index < -0.39 is 54.3 Å². The molecule has 0 rings (SSSR count). The molecule has 24 heavy (non-hydrogen) atoms. The van der Waals surface area contributed by atoms with Gasteiger partial charge in [-0.25, -0.2) is 0 Å². The lowest BCUT2D eigenvalue weighted by Crippen LogP contribution is -2.57. The molecule has 0 heterocycles. The smallest absolute Gasteiger partial charge is 0.305 e. The molecule has 0 fully saturated rings. The van der Waals surface area contributed by atoms with Crippen LogP contribution in [0, 0.1) is 0 Å². The Hall–Kier alpha value is -2.53. The van der Waals surface area contributed by atoms with Crippen molar-refractivity contribution in [3.8, 4) is 0 Å². The van der Waals surface area contributed by atoms with Gasteiger partial charge >= 0.3 is 5.97 Å². The zero-order chi connectivity index (χ0) is 18.9. The summed E-state index contributed by atoms with van der Waals surface area (Å²) in [6.45, 7) is 1.21. The molecule has 11 heteroatoms. The van der Waals surface area contributed by atoms with Crippen LogP contribution in [0.5, 0.6) is 0 Å². The van der Waals surface area contributed by atoms with Crippen molar-refractivity contribution < 1.29 is 34.2 Å². The standard InChI is InChI=1S/C13H22N4O7/c1-6(19)11(13(24)16-7(5-18)4-10(21)22)17-12(23)8(14)2-3-9(15)20/h5-8,11,19H,2-4,14H2,1H3,(H2,15,20)(H,16,24)(H,17,23)(H,21,22)/t6-,7+,8+,11+/m1/s1. The predicted molar refractivity (Wildman–Crippen MR) is 80.3 cm³/mol. The van der Waals surface area contributed by atoms with Crippen molar-refractivity contribution in [3.63, 3.8) is 0 Å². The zero-order valence-electron chi connectivity index (χ0n) is 13.1. The number of nitrogens with one attached hydrogen (secondary N) is 2. The summed E-state index contributed by atoms with van der Waals surface area (Å²) in [5.41, 5.74) is 10.5. The summed E-state index contributed by atoms with van der Waals surface area (Å²) in [5, 5.41) is 22.5. The van der Waals surface area contributed by atoms with Crippen LogP contribution in [-0.4, -0.2) is 64.4 Å². The van der Waals surface area contributed by atoms with E-state index in [1.807, 2.05) is 0 Å². The Balaban J connectivity index is 4.80. The molecule has 4 atom stereocenters. The molecule has 0 aromatic rings. The number of carboxylic acids is 1. The summed E-state index contributed by atoms with van der Waals surface area (Å²) >= 11 is 0. The van der Waals surface area contributed by atoms with Crippen LogP contribution in [0.3, 0.4) is 0 Å². The van der Waals surface area contributed by atoms with Gasteiger partial charge in [0.15, 0.2) is 0 Å². The molecule has 0 spiro atoms. The number of carbonyl (C=O) groups is 5. The molecular weight excluding hydrogens is 324 g/mol. The Morgan fingerprint density at radius 1 is 1.17 bits per heavy atom. The highest BCUT2D eigenvalue weighted by Crippen LogP contribution is 2.00. The molecule has 136 valence electrons. The summed E-state index contributed by atoms with van der Waals surface area (Å²) < 4.78 is 0. The number of carboxylic acid groups (broad SMARTS) is 1. The average Bonchev–Trinajstić information content (AvgIpc) is 2.47. The van der Waals surface area contributed by atoms with Gasteiger partial charge in [0.2, 0.25) is 17.7 Å². The molecule has 0 unspecified atom stereocenters. The van der Waals surface area contributed by atoms with E-state index in [1.54, 1.807) is 0 Å². The van der Waals surface area contributed by atoms with Gasteiger partial charge in [0.25, 0.3) is 0 Å². The molecule has 11 nitrogen and oxygen atoms in total. The molecule has 0 aromatic carbocycles. The van der Waals surface area contributed by atoms with E-state index in [9.17, 15) is 29.1 Å². The number of carbonyl (C=O) groups excluding carboxylic acids is 4. The monoisotopic (exact) mass is 346 g/mol. The number of nitrogens with two attached hydrogens (primary N) is 2. The first-order valence-corrected chi connectivity index (χ1v) is 7.08. The first kappa shape index (κ1) is 21.5. The number of aliphatic hydroxyl groups is 1. The molecule has 0 saturated heterocycles. The van der Waals surface area contributed by atoms with Crippen molar-refractivity contribution in [1.82, 2.24) is 10.6 Å². The topological polar surface area (TPSA) is 202 Å². The summed E-state index contributed by atoms with van der Waals surface area (Å²) in [4.78, 5) is 55.8. The molecule has 0 aliphatic rings. The Labute approximate surface area is 137 Å². The van der Waals surface area contributed by atoms with Crippen molar-refractivity contribution in [3.05, 3.63) is 0 Å². The number of hydrogen-bond acceptors (Lipinski definition) is 7. The van der Waals surface area contributed by atoms with E-state index in [-0.39, 0.29) is 19.1 Å². The van der Waals surface area contributed by atoms with Crippen LogP contribution in [0.2, 0.25) is 0 Å². The second-order valence-corrected chi connectivity index (χ2v) is 5.19. The van der Waals surface area contributed by atoms with E-state index in [0.29, 0.717) is 0 Å². The van der Waals surface area contributed by atoms with Gasteiger partial charge in [0.05, 0.1) is 24.6 Å². The normalized spacial score (nSPS) is 15.5. The summed E-state index contributed by atoms with van der Waals surface area (Å²) in [6.07, 6.45) is -1.94. The molecule has 3 amide bonds. The number of aldehydes is 1. The third-order valence-electron chi connectivity index (χ3n) is 2.99. The first-order chi connectivity index (χ1) is 11.1. The highest BCUT2D eigenvalue weighted by Gasteiger charge is 2.29.